The number of nitrogens with one attached hydrogen (secondary N) is 1. The number of aromatic nitrogens is 1. The summed E-state index contributed by atoms with van der Waals surface area (Å²) >= 11 is 11.6. The second-order valence-electron chi connectivity index (χ2n) is 7.54. The van der Waals surface area contributed by atoms with E-state index in [0.717, 1.165) is 41.4 Å². The van der Waals surface area contributed by atoms with E-state index in [1.165, 1.54) is 6.07 Å². The molecule has 1 aromatic heterocycles. The molecule has 1 N–H and O–H groups in total. The zero-order valence-electron chi connectivity index (χ0n) is 17.4. The molecule has 1 atom stereocenters. The van der Waals surface area contributed by atoms with E-state index < -0.39 is 50.2 Å². The molecule has 2 heterocycles. The second kappa shape index (κ2) is 9.32. The summed E-state index contributed by atoms with van der Waals surface area (Å²) in [4.78, 5) is 18.4. The molecule has 0 saturated carbocycles. The number of carbonyl (C=O) groups excluding carboxylic acids is 1. The lowest BCUT2D eigenvalue weighted by Gasteiger charge is -2.30. The highest BCUT2D eigenvalue weighted by molar-refractivity contribution is 7.93. The largest absolute Gasteiger partial charge is 0.490 e. The predicted octanol–water partition coefficient (Wildman–Crippen LogP) is 5.04. The summed E-state index contributed by atoms with van der Waals surface area (Å²) in [6, 6.07) is 4.68. The number of sulfonamides is 1. The van der Waals surface area contributed by atoms with Crippen molar-refractivity contribution in [2.75, 3.05) is 22.8 Å². The van der Waals surface area contributed by atoms with Crippen molar-refractivity contribution in [3.05, 3.63) is 69.8 Å². The van der Waals surface area contributed by atoms with E-state index in [1.54, 1.807) is 0 Å². The van der Waals surface area contributed by atoms with E-state index >= 15 is 0 Å². The summed E-state index contributed by atoms with van der Waals surface area (Å²) in [5, 5.41) is -2.28. The highest BCUT2D eigenvalue weighted by Gasteiger charge is 2.41. The SMILES string of the molecule is O=C(c1ncc(Cl)cc1NS(=O)(=O)C1C=CC(Cl)=C(C(F)(F)F)C1)N1CCOc2ccc(F)cc21. The smallest absolute Gasteiger partial charge is 0.414 e. The Morgan fingerprint density at radius 1 is 1.23 bits per heavy atom. The van der Waals surface area contributed by atoms with Crippen molar-refractivity contribution >= 4 is 50.5 Å². The number of hydrogen-bond acceptors (Lipinski definition) is 5. The van der Waals surface area contributed by atoms with Crippen LogP contribution in [-0.2, 0) is 10.0 Å². The lowest BCUT2D eigenvalue weighted by molar-refractivity contribution is -0.0942. The molecule has 186 valence electrons. The Morgan fingerprint density at radius 2 is 1.97 bits per heavy atom. The number of fused-ring (bicyclic) bond motifs is 1. The second-order valence-corrected chi connectivity index (χ2v) is 10.3. The molecular formula is C21H15Cl2F4N3O4S. The molecule has 1 aliphatic carbocycles. The molecule has 0 bridgehead atoms. The van der Waals surface area contributed by atoms with E-state index in [1.807, 2.05) is 0 Å². The number of ether oxygens (including phenoxy) is 1. The number of allylic oxidation sites excluding steroid dienone is 3. The van der Waals surface area contributed by atoms with Gasteiger partial charge in [0.15, 0.2) is 5.69 Å². The predicted molar refractivity (Wildman–Crippen MR) is 122 cm³/mol. The third-order valence-corrected chi connectivity index (χ3v) is 7.42. The van der Waals surface area contributed by atoms with Gasteiger partial charge in [-0.2, -0.15) is 13.2 Å². The summed E-state index contributed by atoms with van der Waals surface area (Å²) in [6.07, 6.45) is -2.78. The first-order valence-electron chi connectivity index (χ1n) is 9.92. The van der Waals surface area contributed by atoms with E-state index in [0.29, 0.717) is 0 Å². The number of hydrogen-bond donors (Lipinski definition) is 1. The van der Waals surface area contributed by atoms with E-state index in [2.05, 4.69) is 9.71 Å². The van der Waals surface area contributed by atoms with Crippen LogP contribution in [0.15, 0.2) is 53.2 Å². The summed E-state index contributed by atoms with van der Waals surface area (Å²) in [5.74, 6) is -1.20. The Labute approximate surface area is 207 Å². The lowest BCUT2D eigenvalue weighted by Crippen LogP contribution is -2.39. The molecule has 1 unspecified atom stereocenters. The lowest BCUT2D eigenvalue weighted by atomic mass is 10.0. The zero-order valence-corrected chi connectivity index (χ0v) is 19.8. The van der Waals surface area contributed by atoms with E-state index in [4.69, 9.17) is 27.9 Å². The van der Waals surface area contributed by atoms with Crippen LogP contribution in [0.5, 0.6) is 5.75 Å². The van der Waals surface area contributed by atoms with Crippen molar-refractivity contribution in [3.8, 4) is 5.75 Å². The average molecular weight is 552 g/mol. The molecular weight excluding hydrogens is 537 g/mol. The van der Waals surface area contributed by atoms with E-state index in [-0.39, 0.29) is 41.0 Å². The summed E-state index contributed by atoms with van der Waals surface area (Å²) in [6.45, 7) is 0.0919. The molecule has 0 fully saturated rings. The van der Waals surface area contributed by atoms with Gasteiger partial charge in [-0.25, -0.2) is 17.8 Å². The maximum Gasteiger partial charge on any atom is 0.414 e. The number of carbonyl (C=O) groups is 1. The number of amides is 1. The first-order chi connectivity index (χ1) is 16.4. The number of anilines is 2. The van der Waals surface area contributed by atoms with Gasteiger partial charge in [0.25, 0.3) is 5.91 Å². The van der Waals surface area contributed by atoms with Gasteiger partial charge in [0.05, 0.1) is 28.5 Å². The zero-order chi connectivity index (χ0) is 25.5. The van der Waals surface area contributed by atoms with Gasteiger partial charge in [-0.05, 0) is 24.3 Å². The molecule has 2 aromatic rings. The first-order valence-corrected chi connectivity index (χ1v) is 12.2. The number of rotatable bonds is 4. The van der Waals surface area contributed by atoms with Gasteiger partial charge >= 0.3 is 6.18 Å². The van der Waals surface area contributed by atoms with Crippen molar-refractivity contribution in [1.82, 2.24) is 4.98 Å². The van der Waals surface area contributed by atoms with Crippen LogP contribution in [0.1, 0.15) is 16.9 Å². The molecule has 7 nitrogen and oxygen atoms in total. The Morgan fingerprint density at radius 3 is 2.69 bits per heavy atom. The Bertz CT molecular complexity index is 1360. The van der Waals surface area contributed by atoms with Crippen LogP contribution in [0.3, 0.4) is 0 Å². The van der Waals surface area contributed by atoms with Gasteiger partial charge < -0.3 is 4.74 Å². The van der Waals surface area contributed by atoms with Gasteiger partial charge in [-0.15, -0.1) is 0 Å². The quantitative estimate of drug-likeness (QED) is 0.538. The Hall–Kier alpha value is -2.83. The minimum Gasteiger partial charge on any atom is -0.490 e. The van der Waals surface area contributed by atoms with Gasteiger partial charge in [-0.1, -0.05) is 29.3 Å². The third kappa shape index (κ3) is 5.24. The summed E-state index contributed by atoms with van der Waals surface area (Å²) in [5.41, 5.74) is -1.82. The maximum atomic E-state index is 13.8. The minimum absolute atomic E-state index is 0.00931. The summed E-state index contributed by atoms with van der Waals surface area (Å²) in [7, 11) is -4.51. The molecule has 4 rings (SSSR count). The summed E-state index contributed by atoms with van der Waals surface area (Å²) < 4.78 is 87.1. The molecule has 1 amide bonds. The number of alkyl halides is 3. The highest BCUT2D eigenvalue weighted by Crippen LogP contribution is 2.38. The van der Waals surface area contributed by atoms with Gasteiger partial charge in [0, 0.05) is 23.7 Å². The molecule has 1 aromatic carbocycles. The van der Waals surface area contributed by atoms with Crippen LogP contribution in [0.4, 0.5) is 28.9 Å². The molecule has 0 spiro atoms. The maximum absolute atomic E-state index is 13.8. The Balaban J connectivity index is 1.66. The van der Waals surface area contributed by atoms with Crippen molar-refractivity contribution in [2.24, 2.45) is 0 Å². The van der Waals surface area contributed by atoms with Crippen LogP contribution < -0.4 is 14.4 Å². The molecule has 35 heavy (non-hydrogen) atoms. The fraction of sp³-hybridized carbons (Fsp3) is 0.238. The van der Waals surface area contributed by atoms with E-state index in [9.17, 15) is 30.8 Å². The van der Waals surface area contributed by atoms with Gasteiger partial charge in [0.1, 0.15) is 23.4 Å². The number of benzene rings is 1. The highest BCUT2D eigenvalue weighted by atomic mass is 35.5. The van der Waals surface area contributed by atoms with Crippen molar-refractivity contribution < 1.29 is 35.5 Å². The molecule has 2 aliphatic rings. The number of pyridine rings is 1. The first kappa shape index (κ1) is 25.3. The van der Waals surface area contributed by atoms with Crippen molar-refractivity contribution in [3.63, 3.8) is 0 Å². The topological polar surface area (TPSA) is 88.6 Å². The minimum atomic E-state index is -4.83. The third-order valence-electron chi connectivity index (χ3n) is 5.23. The fourth-order valence-corrected chi connectivity index (χ4v) is 5.27. The van der Waals surface area contributed by atoms with Crippen molar-refractivity contribution in [1.29, 1.82) is 0 Å². The number of halogens is 6. The van der Waals surface area contributed by atoms with Crippen LogP contribution in [-0.4, -0.2) is 43.9 Å². The average Bonchev–Trinajstić information content (AvgIpc) is 2.77. The molecule has 14 heteroatoms. The van der Waals surface area contributed by atoms with Crippen LogP contribution in [0.25, 0.3) is 0 Å². The monoisotopic (exact) mass is 551 g/mol. The van der Waals surface area contributed by atoms with Crippen LogP contribution in [0, 0.1) is 5.82 Å². The van der Waals surface area contributed by atoms with Crippen molar-refractivity contribution in [2.45, 2.75) is 17.8 Å². The molecule has 0 radical (unpaired) electrons. The normalized spacial score (nSPS) is 18.2. The van der Waals surface area contributed by atoms with Crippen LogP contribution in [0.2, 0.25) is 5.02 Å². The molecule has 0 saturated heterocycles. The Kier molecular flexibility index (Phi) is 6.73. The fourth-order valence-electron chi connectivity index (χ4n) is 3.57. The van der Waals surface area contributed by atoms with Gasteiger partial charge in [-0.3, -0.25) is 14.4 Å². The van der Waals surface area contributed by atoms with Crippen LogP contribution >= 0.6 is 23.2 Å². The molecule has 1 aliphatic heterocycles. The standard InChI is InChI=1S/C21H15Cl2F4N3O4S/c22-11-7-16(29-35(32,33)13-2-3-15(23)14(9-13)21(25,26)27)19(28-10-11)20(31)30-5-6-34-18-4-1-12(24)8-17(18)30/h1-4,7-8,10,13,29H,5-6,9H2. The van der Waals surface area contributed by atoms with Gasteiger partial charge in [0.2, 0.25) is 10.0 Å². The number of nitrogens with zero attached hydrogens (tertiary/aromatic N) is 2.